The van der Waals surface area contributed by atoms with E-state index in [9.17, 15) is 4.39 Å². The molecule has 1 aromatic carbocycles. The SMILES string of the molecule is CC(NCCn1cccn1)c1ccc(Br)cc1F. The highest BCUT2D eigenvalue weighted by molar-refractivity contribution is 9.10. The molecule has 0 fully saturated rings. The maximum Gasteiger partial charge on any atom is 0.129 e. The Bertz CT molecular complexity index is 499. The molecule has 0 amide bonds. The molecule has 5 heteroatoms. The van der Waals surface area contributed by atoms with Crippen molar-refractivity contribution in [2.45, 2.75) is 19.5 Å². The summed E-state index contributed by atoms with van der Waals surface area (Å²) >= 11 is 3.25. The maximum absolute atomic E-state index is 13.7. The second-order valence-corrected chi connectivity index (χ2v) is 5.03. The third-order valence-corrected chi connectivity index (χ3v) is 3.27. The molecule has 0 aliphatic rings. The van der Waals surface area contributed by atoms with Gasteiger partial charge in [0, 0.05) is 35.0 Å². The minimum Gasteiger partial charge on any atom is -0.308 e. The third-order valence-electron chi connectivity index (χ3n) is 2.78. The summed E-state index contributed by atoms with van der Waals surface area (Å²) in [7, 11) is 0. The molecule has 0 saturated carbocycles. The van der Waals surface area contributed by atoms with Gasteiger partial charge in [-0.15, -0.1) is 0 Å². The number of nitrogens with zero attached hydrogens (tertiary/aromatic N) is 2. The second kappa shape index (κ2) is 6.11. The fourth-order valence-electron chi connectivity index (χ4n) is 1.79. The lowest BCUT2D eigenvalue weighted by atomic mass is 10.1. The predicted octanol–water partition coefficient (Wildman–Crippen LogP) is 3.14. The van der Waals surface area contributed by atoms with E-state index in [-0.39, 0.29) is 11.9 Å². The van der Waals surface area contributed by atoms with E-state index in [0.717, 1.165) is 17.6 Å². The molecule has 2 aromatic rings. The lowest BCUT2D eigenvalue weighted by Crippen LogP contribution is -2.24. The van der Waals surface area contributed by atoms with E-state index in [0.29, 0.717) is 5.56 Å². The van der Waals surface area contributed by atoms with Crippen LogP contribution in [-0.2, 0) is 6.54 Å². The Morgan fingerprint density at radius 2 is 2.33 bits per heavy atom. The third kappa shape index (κ3) is 3.40. The number of rotatable bonds is 5. The van der Waals surface area contributed by atoms with Crippen LogP contribution in [0.4, 0.5) is 4.39 Å². The van der Waals surface area contributed by atoms with E-state index >= 15 is 0 Å². The van der Waals surface area contributed by atoms with E-state index in [1.807, 2.05) is 29.9 Å². The van der Waals surface area contributed by atoms with Crippen LogP contribution in [0.15, 0.2) is 41.1 Å². The van der Waals surface area contributed by atoms with Crippen LogP contribution in [0.1, 0.15) is 18.5 Å². The van der Waals surface area contributed by atoms with Crippen molar-refractivity contribution in [3.8, 4) is 0 Å². The van der Waals surface area contributed by atoms with Gasteiger partial charge in [0.2, 0.25) is 0 Å². The fourth-order valence-corrected chi connectivity index (χ4v) is 2.12. The van der Waals surface area contributed by atoms with Gasteiger partial charge in [-0.25, -0.2) is 4.39 Å². The molecule has 0 radical (unpaired) electrons. The van der Waals surface area contributed by atoms with Gasteiger partial charge in [0.1, 0.15) is 5.82 Å². The molecule has 3 nitrogen and oxygen atoms in total. The van der Waals surface area contributed by atoms with Crippen LogP contribution in [0, 0.1) is 5.82 Å². The van der Waals surface area contributed by atoms with Crippen LogP contribution in [0.2, 0.25) is 0 Å². The van der Waals surface area contributed by atoms with Crippen LogP contribution in [0.5, 0.6) is 0 Å². The molecule has 96 valence electrons. The van der Waals surface area contributed by atoms with Gasteiger partial charge < -0.3 is 5.32 Å². The van der Waals surface area contributed by atoms with Gasteiger partial charge in [0.05, 0.1) is 6.54 Å². The van der Waals surface area contributed by atoms with Crippen molar-refractivity contribution in [3.05, 3.63) is 52.5 Å². The van der Waals surface area contributed by atoms with E-state index in [1.165, 1.54) is 6.07 Å². The summed E-state index contributed by atoms with van der Waals surface area (Å²) in [6, 6.07) is 7.00. The smallest absolute Gasteiger partial charge is 0.129 e. The maximum atomic E-state index is 13.7. The fraction of sp³-hybridized carbons (Fsp3) is 0.308. The van der Waals surface area contributed by atoms with Gasteiger partial charge in [-0.1, -0.05) is 22.0 Å². The molecular weight excluding hydrogens is 297 g/mol. The van der Waals surface area contributed by atoms with Gasteiger partial charge in [0.25, 0.3) is 0 Å². The van der Waals surface area contributed by atoms with Gasteiger partial charge >= 0.3 is 0 Å². The van der Waals surface area contributed by atoms with Crippen molar-refractivity contribution >= 4 is 15.9 Å². The first-order valence-electron chi connectivity index (χ1n) is 5.82. The number of benzene rings is 1. The van der Waals surface area contributed by atoms with Crippen LogP contribution in [0.3, 0.4) is 0 Å². The summed E-state index contributed by atoms with van der Waals surface area (Å²) in [5.41, 5.74) is 0.679. The van der Waals surface area contributed by atoms with Crippen molar-refractivity contribution in [1.29, 1.82) is 0 Å². The number of hydrogen-bond acceptors (Lipinski definition) is 2. The molecule has 0 aliphatic heterocycles. The standard InChI is InChI=1S/C13H15BrFN3/c1-10(12-4-3-11(14)9-13(12)15)16-6-8-18-7-2-5-17-18/h2-5,7,9-10,16H,6,8H2,1H3. The summed E-state index contributed by atoms with van der Waals surface area (Å²) in [4.78, 5) is 0. The van der Waals surface area contributed by atoms with Crippen LogP contribution in [0.25, 0.3) is 0 Å². The normalized spacial score (nSPS) is 12.6. The van der Waals surface area contributed by atoms with E-state index in [2.05, 4.69) is 26.3 Å². The zero-order chi connectivity index (χ0) is 13.0. The first-order chi connectivity index (χ1) is 8.66. The molecular formula is C13H15BrFN3. The molecule has 2 rings (SSSR count). The van der Waals surface area contributed by atoms with Gasteiger partial charge in [-0.2, -0.15) is 5.10 Å². The topological polar surface area (TPSA) is 29.9 Å². The summed E-state index contributed by atoms with van der Waals surface area (Å²) < 4.78 is 16.3. The minimum absolute atomic E-state index is 0.0198. The quantitative estimate of drug-likeness (QED) is 0.919. The lowest BCUT2D eigenvalue weighted by Gasteiger charge is -2.15. The summed E-state index contributed by atoms with van der Waals surface area (Å²) in [5.74, 6) is -0.191. The molecule has 0 spiro atoms. The average Bonchev–Trinajstić information content (AvgIpc) is 2.81. The molecule has 0 aliphatic carbocycles. The number of nitrogens with one attached hydrogen (secondary N) is 1. The molecule has 18 heavy (non-hydrogen) atoms. The second-order valence-electron chi connectivity index (χ2n) is 4.11. The largest absolute Gasteiger partial charge is 0.308 e. The predicted molar refractivity (Wildman–Crippen MR) is 72.7 cm³/mol. The van der Waals surface area contributed by atoms with E-state index in [4.69, 9.17) is 0 Å². The number of hydrogen-bond donors (Lipinski definition) is 1. The molecule has 1 atom stereocenters. The van der Waals surface area contributed by atoms with Gasteiger partial charge in [-0.05, 0) is 25.1 Å². The number of halogens is 2. The van der Waals surface area contributed by atoms with Gasteiger partial charge in [0.15, 0.2) is 0 Å². The highest BCUT2D eigenvalue weighted by Gasteiger charge is 2.10. The summed E-state index contributed by atoms with van der Waals surface area (Å²) in [6.07, 6.45) is 3.66. The monoisotopic (exact) mass is 311 g/mol. The zero-order valence-electron chi connectivity index (χ0n) is 10.1. The zero-order valence-corrected chi connectivity index (χ0v) is 11.7. The minimum atomic E-state index is -0.191. The molecule has 0 bridgehead atoms. The molecule has 0 saturated heterocycles. The van der Waals surface area contributed by atoms with E-state index in [1.54, 1.807) is 12.3 Å². The summed E-state index contributed by atoms with van der Waals surface area (Å²) in [6.45, 7) is 3.48. The highest BCUT2D eigenvalue weighted by atomic mass is 79.9. The Balaban J connectivity index is 1.89. The summed E-state index contributed by atoms with van der Waals surface area (Å²) in [5, 5.41) is 7.39. The van der Waals surface area contributed by atoms with Crippen LogP contribution in [-0.4, -0.2) is 16.3 Å². The lowest BCUT2D eigenvalue weighted by molar-refractivity contribution is 0.489. The average molecular weight is 312 g/mol. The van der Waals surface area contributed by atoms with Crippen molar-refractivity contribution in [2.24, 2.45) is 0 Å². The van der Waals surface area contributed by atoms with Crippen molar-refractivity contribution in [1.82, 2.24) is 15.1 Å². The molecule has 1 aromatic heterocycles. The molecule has 1 unspecified atom stereocenters. The molecule has 1 N–H and O–H groups in total. The molecule has 1 heterocycles. The van der Waals surface area contributed by atoms with E-state index < -0.39 is 0 Å². The van der Waals surface area contributed by atoms with Crippen molar-refractivity contribution in [3.63, 3.8) is 0 Å². The van der Waals surface area contributed by atoms with Crippen molar-refractivity contribution in [2.75, 3.05) is 6.54 Å². The number of aromatic nitrogens is 2. The Kier molecular flexibility index (Phi) is 4.49. The van der Waals surface area contributed by atoms with Crippen LogP contribution >= 0.6 is 15.9 Å². The first kappa shape index (κ1) is 13.2. The Morgan fingerprint density at radius 1 is 1.50 bits per heavy atom. The van der Waals surface area contributed by atoms with Gasteiger partial charge in [-0.3, -0.25) is 4.68 Å². The first-order valence-corrected chi connectivity index (χ1v) is 6.62. The highest BCUT2D eigenvalue weighted by Crippen LogP contribution is 2.20. The Morgan fingerprint density at radius 3 is 3.00 bits per heavy atom. The Labute approximate surface area is 114 Å². The van der Waals surface area contributed by atoms with Crippen molar-refractivity contribution < 1.29 is 4.39 Å². The Hall–Kier alpha value is -1.20. The van der Waals surface area contributed by atoms with Crippen LogP contribution < -0.4 is 5.32 Å².